The summed E-state index contributed by atoms with van der Waals surface area (Å²) in [6, 6.07) is 5.94. The molecule has 21 heavy (non-hydrogen) atoms. The fourth-order valence-electron chi connectivity index (χ4n) is 3.35. The molecule has 0 radical (unpaired) electrons. The van der Waals surface area contributed by atoms with Crippen LogP contribution in [0.4, 0.5) is 11.4 Å². The summed E-state index contributed by atoms with van der Waals surface area (Å²) in [6.45, 7) is 3.90. The highest BCUT2D eigenvalue weighted by molar-refractivity contribution is 6.00. The Morgan fingerprint density at radius 2 is 1.52 bits per heavy atom. The second kappa shape index (κ2) is 6.37. The van der Waals surface area contributed by atoms with Crippen LogP contribution < -0.4 is 10.6 Å². The maximum atomic E-state index is 12.7. The normalized spacial score (nSPS) is 19.6. The van der Waals surface area contributed by atoms with E-state index in [-0.39, 0.29) is 5.91 Å². The summed E-state index contributed by atoms with van der Waals surface area (Å²) in [5.74, 6) is 0.103. The summed E-state index contributed by atoms with van der Waals surface area (Å²) in [6.07, 6.45) is 7.23. The van der Waals surface area contributed by atoms with Crippen molar-refractivity contribution < 1.29 is 4.79 Å². The molecule has 2 heterocycles. The lowest BCUT2D eigenvalue weighted by Gasteiger charge is -2.30. The summed E-state index contributed by atoms with van der Waals surface area (Å²) in [7, 11) is 0. The number of amides is 1. The summed E-state index contributed by atoms with van der Waals surface area (Å²) >= 11 is 0. The molecule has 0 saturated carbocycles. The topological polar surface area (TPSA) is 49.6 Å². The van der Waals surface area contributed by atoms with Crippen molar-refractivity contribution in [3.05, 3.63) is 23.8 Å². The van der Waals surface area contributed by atoms with E-state index in [0.717, 1.165) is 44.7 Å². The molecule has 0 atom stereocenters. The number of hydrogen-bond acceptors (Lipinski definition) is 3. The molecule has 2 aliphatic rings. The van der Waals surface area contributed by atoms with Gasteiger partial charge >= 0.3 is 0 Å². The summed E-state index contributed by atoms with van der Waals surface area (Å²) in [5.41, 5.74) is 8.49. The molecule has 2 aliphatic heterocycles. The van der Waals surface area contributed by atoms with E-state index in [4.69, 9.17) is 5.73 Å². The Morgan fingerprint density at radius 3 is 2.19 bits per heavy atom. The molecule has 1 amide bonds. The average molecular weight is 287 g/mol. The molecular weight excluding hydrogens is 262 g/mol. The number of nitrogens with two attached hydrogens (primary N) is 1. The van der Waals surface area contributed by atoms with Gasteiger partial charge in [0.15, 0.2) is 0 Å². The first-order valence-electron chi connectivity index (χ1n) is 8.19. The van der Waals surface area contributed by atoms with Crippen molar-refractivity contribution in [2.24, 2.45) is 0 Å². The lowest BCUT2D eigenvalue weighted by atomic mass is 10.1. The molecule has 3 rings (SSSR count). The first kappa shape index (κ1) is 14.2. The van der Waals surface area contributed by atoms with Crippen molar-refractivity contribution in [1.29, 1.82) is 0 Å². The van der Waals surface area contributed by atoms with Crippen LogP contribution in [0.2, 0.25) is 0 Å². The Kier molecular flexibility index (Phi) is 4.32. The molecule has 0 spiro atoms. The third kappa shape index (κ3) is 3.14. The van der Waals surface area contributed by atoms with Crippen LogP contribution in [0.25, 0.3) is 0 Å². The predicted molar refractivity (Wildman–Crippen MR) is 86.7 cm³/mol. The van der Waals surface area contributed by atoms with Crippen molar-refractivity contribution in [2.75, 3.05) is 36.8 Å². The second-order valence-corrected chi connectivity index (χ2v) is 6.17. The highest BCUT2D eigenvalue weighted by atomic mass is 16.2. The van der Waals surface area contributed by atoms with Gasteiger partial charge in [-0.3, -0.25) is 4.79 Å². The maximum Gasteiger partial charge on any atom is 0.256 e. The molecule has 0 bridgehead atoms. The van der Waals surface area contributed by atoms with E-state index in [1.165, 1.54) is 25.7 Å². The number of hydrogen-bond donors (Lipinski definition) is 1. The van der Waals surface area contributed by atoms with Crippen LogP contribution in [0.15, 0.2) is 18.2 Å². The molecule has 2 N–H and O–H groups in total. The number of benzene rings is 1. The molecule has 1 aromatic rings. The van der Waals surface area contributed by atoms with Gasteiger partial charge in [-0.2, -0.15) is 0 Å². The minimum atomic E-state index is 0.103. The van der Waals surface area contributed by atoms with E-state index < -0.39 is 0 Å². The molecular formula is C17H25N3O. The Hall–Kier alpha value is -1.71. The fraction of sp³-hybridized carbons (Fsp3) is 0.588. The Labute approximate surface area is 126 Å². The second-order valence-electron chi connectivity index (χ2n) is 6.17. The van der Waals surface area contributed by atoms with Crippen molar-refractivity contribution in [3.63, 3.8) is 0 Å². The van der Waals surface area contributed by atoms with Crippen LogP contribution in [0.1, 0.15) is 48.9 Å². The smallest absolute Gasteiger partial charge is 0.256 e. The summed E-state index contributed by atoms with van der Waals surface area (Å²) in [5, 5.41) is 0. The minimum Gasteiger partial charge on any atom is -0.398 e. The van der Waals surface area contributed by atoms with E-state index in [1.807, 2.05) is 23.1 Å². The minimum absolute atomic E-state index is 0.103. The number of rotatable bonds is 2. The molecule has 0 aromatic heterocycles. The van der Waals surface area contributed by atoms with Gasteiger partial charge in [-0.05, 0) is 56.7 Å². The van der Waals surface area contributed by atoms with Crippen molar-refractivity contribution >= 4 is 17.3 Å². The van der Waals surface area contributed by atoms with Gasteiger partial charge in [0.2, 0.25) is 0 Å². The molecule has 0 aliphatic carbocycles. The fourth-order valence-corrected chi connectivity index (χ4v) is 3.35. The molecule has 1 aromatic carbocycles. The zero-order chi connectivity index (χ0) is 14.7. The number of carbonyl (C=O) groups is 1. The van der Waals surface area contributed by atoms with Crippen LogP contribution in [0, 0.1) is 0 Å². The van der Waals surface area contributed by atoms with Crippen LogP contribution in [-0.4, -0.2) is 37.0 Å². The average Bonchev–Trinajstić information content (AvgIpc) is 2.56. The SMILES string of the molecule is Nc1ccc(N2CCCCC2)cc1C(=O)N1CCCCC1. The van der Waals surface area contributed by atoms with Gasteiger partial charge in [-0.15, -0.1) is 0 Å². The van der Waals surface area contributed by atoms with Crippen LogP contribution in [0.3, 0.4) is 0 Å². The van der Waals surface area contributed by atoms with Crippen molar-refractivity contribution in [1.82, 2.24) is 4.90 Å². The molecule has 114 valence electrons. The summed E-state index contributed by atoms with van der Waals surface area (Å²) < 4.78 is 0. The number of nitrogens with zero attached hydrogens (tertiary/aromatic N) is 2. The zero-order valence-electron chi connectivity index (χ0n) is 12.7. The maximum absolute atomic E-state index is 12.7. The lowest BCUT2D eigenvalue weighted by Crippen LogP contribution is -2.36. The number of carbonyl (C=O) groups excluding carboxylic acids is 1. The van der Waals surface area contributed by atoms with E-state index in [9.17, 15) is 4.79 Å². The third-order valence-corrected chi connectivity index (χ3v) is 4.63. The first-order chi connectivity index (χ1) is 10.3. The molecule has 2 fully saturated rings. The quantitative estimate of drug-likeness (QED) is 0.851. The number of nitrogen functional groups attached to an aromatic ring is 1. The number of anilines is 2. The van der Waals surface area contributed by atoms with Gasteiger partial charge in [0.1, 0.15) is 0 Å². The van der Waals surface area contributed by atoms with Gasteiger partial charge in [0.25, 0.3) is 5.91 Å². The Balaban J connectivity index is 1.81. The lowest BCUT2D eigenvalue weighted by molar-refractivity contribution is 0.0725. The molecule has 4 heteroatoms. The predicted octanol–water partition coefficient (Wildman–Crippen LogP) is 2.89. The highest BCUT2D eigenvalue weighted by Gasteiger charge is 2.21. The first-order valence-corrected chi connectivity index (χ1v) is 8.19. The van der Waals surface area contributed by atoms with Crippen molar-refractivity contribution in [2.45, 2.75) is 38.5 Å². The van der Waals surface area contributed by atoms with E-state index in [2.05, 4.69) is 4.90 Å². The molecule has 4 nitrogen and oxygen atoms in total. The van der Waals surface area contributed by atoms with Gasteiger partial charge in [0.05, 0.1) is 5.56 Å². The van der Waals surface area contributed by atoms with Crippen molar-refractivity contribution in [3.8, 4) is 0 Å². The van der Waals surface area contributed by atoms with Gasteiger partial charge < -0.3 is 15.5 Å². The van der Waals surface area contributed by atoms with E-state index in [1.54, 1.807) is 0 Å². The molecule has 0 unspecified atom stereocenters. The Morgan fingerprint density at radius 1 is 0.905 bits per heavy atom. The largest absolute Gasteiger partial charge is 0.398 e. The third-order valence-electron chi connectivity index (χ3n) is 4.63. The zero-order valence-corrected chi connectivity index (χ0v) is 12.7. The van der Waals surface area contributed by atoms with Crippen LogP contribution in [0.5, 0.6) is 0 Å². The summed E-state index contributed by atoms with van der Waals surface area (Å²) in [4.78, 5) is 17.0. The number of likely N-dealkylation sites (tertiary alicyclic amines) is 1. The van der Waals surface area contributed by atoms with Crippen LogP contribution >= 0.6 is 0 Å². The Bertz CT molecular complexity index is 503. The highest BCUT2D eigenvalue weighted by Crippen LogP contribution is 2.26. The standard InChI is InChI=1S/C17H25N3O/c18-16-8-7-14(19-9-3-1-4-10-19)13-15(16)17(21)20-11-5-2-6-12-20/h7-8,13H,1-6,9-12,18H2. The van der Waals surface area contributed by atoms with Gasteiger partial charge in [0, 0.05) is 37.6 Å². The van der Waals surface area contributed by atoms with E-state index in [0.29, 0.717) is 11.3 Å². The van der Waals surface area contributed by atoms with Crippen LogP contribution in [-0.2, 0) is 0 Å². The molecule has 2 saturated heterocycles. The van der Waals surface area contributed by atoms with E-state index >= 15 is 0 Å². The number of piperidine rings is 2. The monoisotopic (exact) mass is 287 g/mol. The van der Waals surface area contributed by atoms with Gasteiger partial charge in [-0.1, -0.05) is 0 Å². The van der Waals surface area contributed by atoms with Gasteiger partial charge in [-0.25, -0.2) is 0 Å².